The van der Waals surface area contributed by atoms with Crippen LogP contribution in [0, 0.1) is 5.41 Å². The largest absolute Gasteiger partial charge is 0.316 e. The highest BCUT2D eigenvalue weighted by molar-refractivity contribution is 7.85. The Hall–Kier alpha value is -0.670. The molecule has 1 N–H and O–H groups in total. The van der Waals surface area contributed by atoms with E-state index in [-0.39, 0.29) is 5.25 Å². The number of hydrogen-bond acceptors (Lipinski definition) is 2. The molecule has 1 fully saturated rings. The van der Waals surface area contributed by atoms with E-state index >= 15 is 0 Å². The highest BCUT2D eigenvalue weighted by Gasteiger charge is 2.37. The molecule has 1 aliphatic rings. The molecular formula is C18H29NOS. The fourth-order valence-electron chi connectivity index (χ4n) is 3.24. The molecule has 0 radical (unpaired) electrons. The molecule has 0 spiro atoms. The smallest absolute Gasteiger partial charge is 0.0576 e. The van der Waals surface area contributed by atoms with E-state index in [9.17, 15) is 4.21 Å². The van der Waals surface area contributed by atoms with Gasteiger partial charge in [0, 0.05) is 10.9 Å². The first-order valence-corrected chi connectivity index (χ1v) is 9.23. The zero-order valence-corrected chi connectivity index (χ0v) is 14.8. The summed E-state index contributed by atoms with van der Waals surface area (Å²) in [6.45, 7) is 8.97. The van der Waals surface area contributed by atoms with Crippen molar-refractivity contribution < 1.29 is 4.21 Å². The van der Waals surface area contributed by atoms with Crippen molar-refractivity contribution in [2.75, 3.05) is 7.05 Å². The molecule has 0 saturated heterocycles. The number of hydrogen-bond donors (Lipinski definition) is 1. The molecule has 0 heterocycles. The molecule has 3 unspecified atom stereocenters. The van der Waals surface area contributed by atoms with E-state index in [4.69, 9.17) is 0 Å². The zero-order chi connectivity index (χ0) is 15.6. The van der Waals surface area contributed by atoms with Gasteiger partial charge in [-0.15, -0.1) is 0 Å². The van der Waals surface area contributed by atoms with Gasteiger partial charge in [-0.05, 0) is 55.3 Å². The third-order valence-corrected chi connectivity index (χ3v) is 6.54. The summed E-state index contributed by atoms with van der Waals surface area (Å²) in [5, 5.41) is 3.59. The van der Waals surface area contributed by atoms with Gasteiger partial charge in [0.1, 0.15) is 0 Å². The van der Waals surface area contributed by atoms with Gasteiger partial charge in [0.05, 0.1) is 16.0 Å². The van der Waals surface area contributed by atoms with Crippen LogP contribution in [0.3, 0.4) is 0 Å². The fraction of sp³-hybridized carbons (Fsp3) is 0.667. The summed E-state index contributed by atoms with van der Waals surface area (Å²) in [7, 11) is 1.06. The van der Waals surface area contributed by atoms with E-state index in [2.05, 4.69) is 57.3 Å². The summed E-state index contributed by atoms with van der Waals surface area (Å²) in [6, 6.07) is 8.73. The average Bonchev–Trinajstić information content (AvgIpc) is 2.45. The van der Waals surface area contributed by atoms with Crippen molar-refractivity contribution in [3.63, 3.8) is 0 Å². The second-order valence-electron chi connectivity index (χ2n) is 7.36. The van der Waals surface area contributed by atoms with E-state index in [1.165, 1.54) is 12.0 Å². The van der Waals surface area contributed by atoms with Gasteiger partial charge in [-0.1, -0.05) is 39.8 Å². The van der Waals surface area contributed by atoms with Crippen LogP contribution in [0.2, 0.25) is 0 Å². The Balaban J connectivity index is 2.20. The van der Waals surface area contributed by atoms with Crippen LogP contribution in [0.25, 0.3) is 0 Å². The lowest BCUT2D eigenvalue weighted by Crippen LogP contribution is -2.47. The highest BCUT2D eigenvalue weighted by atomic mass is 32.2. The van der Waals surface area contributed by atoms with Crippen molar-refractivity contribution in [1.82, 2.24) is 5.32 Å². The average molecular weight is 308 g/mol. The van der Waals surface area contributed by atoms with Crippen LogP contribution in [0.4, 0.5) is 0 Å². The number of nitrogens with one attached hydrogen (secondary N) is 1. The van der Waals surface area contributed by atoms with Crippen molar-refractivity contribution in [2.24, 2.45) is 5.41 Å². The predicted molar refractivity (Wildman–Crippen MR) is 91.2 cm³/mol. The summed E-state index contributed by atoms with van der Waals surface area (Å²) < 4.78 is 13.0. The van der Waals surface area contributed by atoms with E-state index in [0.717, 1.165) is 17.7 Å². The normalized spacial score (nSPS) is 26.8. The molecule has 0 bridgehead atoms. The van der Waals surface area contributed by atoms with Crippen LogP contribution in [-0.4, -0.2) is 22.5 Å². The van der Waals surface area contributed by atoms with Gasteiger partial charge >= 0.3 is 0 Å². The van der Waals surface area contributed by atoms with Crippen LogP contribution in [0.5, 0.6) is 0 Å². The second-order valence-corrected chi connectivity index (χ2v) is 9.03. The molecule has 118 valence electrons. The monoisotopic (exact) mass is 307 g/mol. The Morgan fingerprint density at radius 2 is 1.86 bits per heavy atom. The van der Waals surface area contributed by atoms with Crippen LogP contribution in [-0.2, 0) is 10.8 Å². The standard InChI is InChI=1S/C18H29NOS/c1-13(2)14-6-8-15(9-7-14)21(20)17-12-18(3,4)11-10-16(17)19-5/h6-9,13,16-17,19H,10-12H2,1-5H3. The van der Waals surface area contributed by atoms with Crippen molar-refractivity contribution in [3.8, 4) is 0 Å². The second kappa shape index (κ2) is 6.62. The van der Waals surface area contributed by atoms with Crippen molar-refractivity contribution in [3.05, 3.63) is 29.8 Å². The molecule has 2 rings (SSSR count). The molecule has 1 saturated carbocycles. The Bertz CT molecular complexity index is 492. The Labute approximate surface area is 132 Å². The van der Waals surface area contributed by atoms with Crippen LogP contribution < -0.4 is 5.32 Å². The minimum absolute atomic E-state index is 0.212. The predicted octanol–water partition coefficient (Wildman–Crippen LogP) is 4.08. The summed E-state index contributed by atoms with van der Waals surface area (Å²) in [6.07, 6.45) is 3.35. The minimum Gasteiger partial charge on any atom is -0.316 e. The van der Waals surface area contributed by atoms with Crippen LogP contribution >= 0.6 is 0 Å². The van der Waals surface area contributed by atoms with Crippen molar-refractivity contribution in [2.45, 2.75) is 69.1 Å². The minimum atomic E-state index is -0.930. The van der Waals surface area contributed by atoms with E-state index in [0.29, 0.717) is 17.4 Å². The molecule has 2 nitrogen and oxygen atoms in total. The first kappa shape index (κ1) is 16.7. The molecular weight excluding hydrogens is 278 g/mol. The quantitative estimate of drug-likeness (QED) is 0.908. The van der Waals surface area contributed by atoms with Gasteiger partial charge in [0.15, 0.2) is 0 Å². The Morgan fingerprint density at radius 3 is 2.38 bits per heavy atom. The van der Waals surface area contributed by atoms with Gasteiger partial charge in [-0.25, -0.2) is 0 Å². The maximum absolute atomic E-state index is 13.0. The molecule has 21 heavy (non-hydrogen) atoms. The molecule has 0 aromatic heterocycles. The number of rotatable bonds is 4. The highest BCUT2D eigenvalue weighted by Crippen LogP contribution is 2.38. The zero-order valence-electron chi connectivity index (χ0n) is 14.0. The Morgan fingerprint density at radius 1 is 1.24 bits per heavy atom. The first-order valence-electron chi connectivity index (χ1n) is 8.02. The summed E-state index contributed by atoms with van der Waals surface area (Å²) >= 11 is 0. The molecule has 3 heteroatoms. The Kier molecular flexibility index (Phi) is 5.26. The van der Waals surface area contributed by atoms with E-state index in [1.807, 2.05) is 7.05 Å². The SMILES string of the molecule is CNC1CCC(C)(C)CC1S(=O)c1ccc(C(C)C)cc1. The maximum atomic E-state index is 13.0. The molecule has 0 aliphatic heterocycles. The molecule has 3 atom stereocenters. The van der Waals surface area contributed by atoms with Crippen LogP contribution in [0.15, 0.2) is 29.2 Å². The lowest BCUT2D eigenvalue weighted by Gasteiger charge is -2.40. The topological polar surface area (TPSA) is 29.1 Å². The summed E-state index contributed by atoms with van der Waals surface area (Å²) in [5.74, 6) is 0.520. The molecule has 1 aromatic rings. The third kappa shape index (κ3) is 3.95. The fourth-order valence-corrected chi connectivity index (χ4v) is 5.16. The summed E-state index contributed by atoms with van der Waals surface area (Å²) in [5.41, 5.74) is 1.61. The van der Waals surface area contributed by atoms with Crippen LogP contribution in [0.1, 0.15) is 58.4 Å². The lowest BCUT2D eigenvalue weighted by atomic mass is 9.75. The van der Waals surface area contributed by atoms with E-state index < -0.39 is 10.8 Å². The lowest BCUT2D eigenvalue weighted by molar-refractivity contribution is 0.216. The van der Waals surface area contributed by atoms with Crippen molar-refractivity contribution in [1.29, 1.82) is 0 Å². The first-order chi connectivity index (χ1) is 9.84. The molecule has 1 aromatic carbocycles. The maximum Gasteiger partial charge on any atom is 0.0576 e. The van der Waals surface area contributed by atoms with Gasteiger partial charge in [0.2, 0.25) is 0 Å². The van der Waals surface area contributed by atoms with Gasteiger partial charge in [-0.2, -0.15) is 0 Å². The van der Waals surface area contributed by atoms with Gasteiger partial charge < -0.3 is 5.32 Å². The van der Waals surface area contributed by atoms with E-state index in [1.54, 1.807) is 0 Å². The molecule has 0 amide bonds. The number of benzene rings is 1. The molecule has 1 aliphatic carbocycles. The van der Waals surface area contributed by atoms with Crippen molar-refractivity contribution >= 4 is 10.8 Å². The van der Waals surface area contributed by atoms with Gasteiger partial charge in [0.25, 0.3) is 0 Å². The third-order valence-electron chi connectivity index (χ3n) is 4.76. The summed E-state index contributed by atoms with van der Waals surface area (Å²) in [4.78, 5) is 0.974. The van der Waals surface area contributed by atoms with Gasteiger partial charge in [-0.3, -0.25) is 4.21 Å².